The summed E-state index contributed by atoms with van der Waals surface area (Å²) in [6.07, 6.45) is 1.17. The predicted octanol–water partition coefficient (Wildman–Crippen LogP) is 3.01. The van der Waals surface area contributed by atoms with Gasteiger partial charge < -0.3 is 14.7 Å². The Kier molecular flexibility index (Phi) is 5.17. The van der Waals surface area contributed by atoms with Crippen LogP contribution in [0.3, 0.4) is 0 Å². The number of phenols is 1. The molecule has 1 amide bonds. The van der Waals surface area contributed by atoms with Crippen LogP contribution in [0.4, 0.5) is 11.8 Å². The van der Waals surface area contributed by atoms with E-state index < -0.39 is 0 Å². The van der Waals surface area contributed by atoms with Crippen LogP contribution in [0.5, 0.6) is 5.75 Å². The van der Waals surface area contributed by atoms with E-state index in [0.717, 1.165) is 16.8 Å². The number of amides is 1. The van der Waals surface area contributed by atoms with E-state index in [-0.39, 0.29) is 17.1 Å². The van der Waals surface area contributed by atoms with Gasteiger partial charge in [0.2, 0.25) is 11.9 Å². The molecular weight excluding hydrogens is 368 g/mol. The van der Waals surface area contributed by atoms with Crippen molar-refractivity contribution in [1.82, 2.24) is 9.97 Å². The van der Waals surface area contributed by atoms with Gasteiger partial charge in [0.15, 0.2) is 0 Å². The van der Waals surface area contributed by atoms with Gasteiger partial charge in [0, 0.05) is 37.2 Å². The summed E-state index contributed by atoms with van der Waals surface area (Å²) in [5.41, 5.74) is 2.50. The Bertz CT molecular complexity index is 917. The number of morpholine rings is 1. The number of anilines is 2. The number of fused-ring (bicyclic) bond motifs is 1. The Morgan fingerprint density at radius 2 is 1.93 bits per heavy atom. The van der Waals surface area contributed by atoms with Crippen molar-refractivity contribution in [3.63, 3.8) is 0 Å². The standard InChI is InChI=1S/C22H28N4O3/c1-22(2,3)14-18(28)26-8-7-17-19(15-5-4-6-16(27)13-15)23-21(24-20(17)26)25-9-11-29-12-10-25/h4-6,13,27H,7-12,14H2,1-3H3. The molecule has 1 aromatic carbocycles. The number of carbonyl (C=O) groups is 1. The maximum atomic E-state index is 13.0. The third-order valence-electron chi connectivity index (χ3n) is 5.21. The molecule has 2 aromatic rings. The first kappa shape index (κ1) is 19.6. The van der Waals surface area contributed by atoms with Crippen molar-refractivity contribution in [3.05, 3.63) is 29.8 Å². The van der Waals surface area contributed by atoms with Crippen molar-refractivity contribution >= 4 is 17.7 Å². The summed E-state index contributed by atoms with van der Waals surface area (Å²) in [5.74, 6) is 1.60. The molecule has 154 valence electrons. The molecule has 29 heavy (non-hydrogen) atoms. The summed E-state index contributed by atoms with van der Waals surface area (Å²) in [4.78, 5) is 26.6. The lowest BCUT2D eigenvalue weighted by Crippen LogP contribution is -2.38. The monoisotopic (exact) mass is 396 g/mol. The Labute approximate surface area is 171 Å². The summed E-state index contributed by atoms with van der Waals surface area (Å²) < 4.78 is 5.46. The van der Waals surface area contributed by atoms with Crippen molar-refractivity contribution in [1.29, 1.82) is 0 Å². The van der Waals surface area contributed by atoms with E-state index in [1.807, 2.05) is 12.1 Å². The zero-order valence-electron chi connectivity index (χ0n) is 17.3. The molecular formula is C22H28N4O3. The number of aromatic nitrogens is 2. The minimum absolute atomic E-state index is 0.0877. The fraction of sp³-hybridized carbons (Fsp3) is 0.500. The number of benzene rings is 1. The van der Waals surface area contributed by atoms with Gasteiger partial charge in [0.05, 0.1) is 18.9 Å². The normalized spacial score (nSPS) is 16.8. The van der Waals surface area contributed by atoms with Gasteiger partial charge in [-0.2, -0.15) is 4.98 Å². The number of rotatable bonds is 3. The molecule has 0 bridgehead atoms. The summed E-state index contributed by atoms with van der Waals surface area (Å²) in [6.45, 7) is 9.51. The van der Waals surface area contributed by atoms with Gasteiger partial charge in [-0.3, -0.25) is 9.69 Å². The summed E-state index contributed by atoms with van der Waals surface area (Å²) in [5, 5.41) is 9.97. The largest absolute Gasteiger partial charge is 0.508 e. The zero-order chi connectivity index (χ0) is 20.6. The number of carbonyl (C=O) groups excluding carboxylic acids is 1. The predicted molar refractivity (Wildman–Crippen MR) is 112 cm³/mol. The first-order valence-corrected chi connectivity index (χ1v) is 10.2. The van der Waals surface area contributed by atoms with Crippen molar-refractivity contribution in [3.8, 4) is 17.0 Å². The molecule has 3 heterocycles. The Morgan fingerprint density at radius 3 is 2.62 bits per heavy atom. The second-order valence-corrected chi connectivity index (χ2v) is 8.86. The van der Waals surface area contributed by atoms with Crippen LogP contribution in [0.15, 0.2) is 24.3 Å². The average Bonchev–Trinajstić information content (AvgIpc) is 3.11. The molecule has 0 radical (unpaired) electrons. The van der Waals surface area contributed by atoms with Crippen LogP contribution in [0.1, 0.15) is 32.8 Å². The van der Waals surface area contributed by atoms with Crippen molar-refractivity contribution < 1.29 is 14.6 Å². The summed E-state index contributed by atoms with van der Waals surface area (Å²) in [7, 11) is 0. The Morgan fingerprint density at radius 1 is 1.17 bits per heavy atom. The summed E-state index contributed by atoms with van der Waals surface area (Å²) >= 11 is 0. The van der Waals surface area contributed by atoms with Gasteiger partial charge in [0.1, 0.15) is 11.6 Å². The second kappa shape index (κ2) is 7.63. The lowest BCUT2D eigenvalue weighted by molar-refractivity contribution is -0.120. The summed E-state index contributed by atoms with van der Waals surface area (Å²) in [6, 6.07) is 7.11. The van der Waals surface area contributed by atoms with Gasteiger partial charge in [-0.15, -0.1) is 0 Å². The zero-order valence-corrected chi connectivity index (χ0v) is 17.3. The average molecular weight is 396 g/mol. The molecule has 0 aliphatic carbocycles. The molecule has 0 atom stereocenters. The van der Waals surface area contributed by atoms with E-state index in [1.54, 1.807) is 17.0 Å². The Balaban J connectivity index is 1.79. The quantitative estimate of drug-likeness (QED) is 0.859. The van der Waals surface area contributed by atoms with E-state index in [1.165, 1.54) is 0 Å². The third kappa shape index (κ3) is 4.19. The molecule has 1 fully saturated rings. The minimum Gasteiger partial charge on any atom is -0.508 e. The van der Waals surface area contributed by atoms with E-state index >= 15 is 0 Å². The molecule has 0 unspecified atom stereocenters. The number of phenolic OH excluding ortho intramolecular Hbond substituents is 1. The van der Waals surface area contributed by atoms with Gasteiger partial charge in [-0.05, 0) is 24.0 Å². The maximum Gasteiger partial charge on any atom is 0.228 e. The molecule has 2 aliphatic heterocycles. The third-order valence-corrected chi connectivity index (χ3v) is 5.21. The van der Waals surface area contributed by atoms with Crippen LogP contribution in [0.25, 0.3) is 11.3 Å². The highest BCUT2D eigenvalue weighted by atomic mass is 16.5. The molecule has 1 aromatic heterocycles. The number of aromatic hydroxyl groups is 1. The molecule has 4 rings (SSSR count). The van der Waals surface area contributed by atoms with Crippen LogP contribution in [-0.2, 0) is 16.0 Å². The second-order valence-electron chi connectivity index (χ2n) is 8.86. The van der Waals surface area contributed by atoms with Crippen molar-refractivity contribution in [2.45, 2.75) is 33.6 Å². The van der Waals surface area contributed by atoms with Gasteiger partial charge in [-0.25, -0.2) is 4.98 Å². The van der Waals surface area contributed by atoms with E-state index in [4.69, 9.17) is 14.7 Å². The van der Waals surface area contributed by atoms with Gasteiger partial charge in [0.25, 0.3) is 0 Å². The lowest BCUT2D eigenvalue weighted by atomic mass is 9.92. The van der Waals surface area contributed by atoms with Crippen LogP contribution >= 0.6 is 0 Å². The highest BCUT2D eigenvalue weighted by molar-refractivity contribution is 5.96. The lowest BCUT2D eigenvalue weighted by Gasteiger charge is -2.28. The van der Waals surface area contributed by atoms with Crippen LogP contribution in [0, 0.1) is 5.41 Å². The molecule has 7 heteroatoms. The Hall–Kier alpha value is -2.67. The molecule has 0 saturated carbocycles. The number of nitrogens with zero attached hydrogens (tertiary/aromatic N) is 4. The molecule has 1 saturated heterocycles. The minimum atomic E-state index is -0.0893. The van der Waals surface area contributed by atoms with Crippen molar-refractivity contribution in [2.75, 3.05) is 42.6 Å². The smallest absolute Gasteiger partial charge is 0.228 e. The van der Waals surface area contributed by atoms with E-state index in [9.17, 15) is 9.90 Å². The first-order valence-electron chi connectivity index (χ1n) is 10.2. The topological polar surface area (TPSA) is 78.8 Å². The van der Waals surface area contributed by atoms with Gasteiger partial charge in [-0.1, -0.05) is 32.9 Å². The molecule has 2 aliphatic rings. The van der Waals surface area contributed by atoms with Gasteiger partial charge >= 0.3 is 0 Å². The SMILES string of the molecule is CC(C)(C)CC(=O)N1CCc2c(-c3cccc(O)c3)nc(N3CCOCC3)nc21. The van der Waals surface area contributed by atoms with E-state index in [0.29, 0.717) is 57.5 Å². The number of ether oxygens (including phenoxy) is 1. The van der Waals surface area contributed by atoms with Crippen LogP contribution in [-0.4, -0.2) is 53.8 Å². The van der Waals surface area contributed by atoms with E-state index in [2.05, 4.69) is 25.7 Å². The maximum absolute atomic E-state index is 13.0. The van der Waals surface area contributed by atoms with Crippen LogP contribution in [0.2, 0.25) is 0 Å². The fourth-order valence-corrected chi connectivity index (χ4v) is 3.83. The van der Waals surface area contributed by atoms with Crippen molar-refractivity contribution in [2.24, 2.45) is 5.41 Å². The highest BCUT2D eigenvalue weighted by Crippen LogP contribution is 2.37. The number of hydrogen-bond donors (Lipinski definition) is 1. The molecule has 7 nitrogen and oxygen atoms in total. The molecule has 0 spiro atoms. The first-order chi connectivity index (χ1) is 13.8. The van der Waals surface area contributed by atoms with Crippen LogP contribution < -0.4 is 9.80 Å². The fourth-order valence-electron chi connectivity index (χ4n) is 3.83. The number of hydrogen-bond acceptors (Lipinski definition) is 6. The highest BCUT2D eigenvalue weighted by Gasteiger charge is 2.33. The molecule has 1 N–H and O–H groups in total.